The molecule has 4 rings (SSSR count). The van der Waals surface area contributed by atoms with Gasteiger partial charge in [-0.25, -0.2) is 8.78 Å². The predicted octanol–water partition coefficient (Wildman–Crippen LogP) is 11.1. The lowest BCUT2D eigenvalue weighted by Crippen LogP contribution is -2.17. The van der Waals surface area contributed by atoms with Gasteiger partial charge in [-0.2, -0.15) is 0 Å². The molecule has 4 atom stereocenters. The van der Waals surface area contributed by atoms with E-state index in [0.29, 0.717) is 62.8 Å². The van der Waals surface area contributed by atoms with Crippen LogP contribution in [0.15, 0.2) is 54.6 Å². The van der Waals surface area contributed by atoms with E-state index in [2.05, 4.69) is 39.0 Å². The molecule has 7 heteroatoms. The van der Waals surface area contributed by atoms with Gasteiger partial charge in [0.15, 0.2) is 0 Å². The fraction of sp³-hybridized carbons (Fsp3) is 0.591. The minimum absolute atomic E-state index is 0.0992. The van der Waals surface area contributed by atoms with Gasteiger partial charge in [0, 0.05) is 12.0 Å². The Morgan fingerprint density at radius 2 is 1.29 bits per heavy atom. The van der Waals surface area contributed by atoms with E-state index < -0.39 is 12.1 Å². The van der Waals surface area contributed by atoms with Gasteiger partial charge in [-0.15, -0.1) is 0 Å². The molecule has 1 aliphatic carbocycles. The Morgan fingerprint density at radius 1 is 0.647 bits per heavy atom. The second kappa shape index (κ2) is 22.0. The third-order valence-electron chi connectivity index (χ3n) is 10.3. The molecule has 0 aliphatic heterocycles. The standard InChI is InChI=1S/C44H64F2N2O3/c1-4-7-10-14-32-22-35(26-38(24-32)49-19-9-6-3)36-23-33(13-8-5-2)25-44(46)42(30-36)41-29-34(15-16-43(41)45)37-27-39(50-20-11-17-47)31-40(28-37)51-21-12-18-48/h15-16,22,24,26-29,31,33,36,42,44H,4-14,17-21,23,25,30,47-48H2,1-3H3. The van der Waals surface area contributed by atoms with Gasteiger partial charge in [-0.3, -0.25) is 0 Å². The fourth-order valence-corrected chi connectivity index (χ4v) is 7.38. The number of aryl methyl sites for hydroxylation is 1. The zero-order chi connectivity index (χ0) is 36.4. The fourth-order valence-electron chi connectivity index (χ4n) is 7.38. The van der Waals surface area contributed by atoms with Crippen LogP contribution >= 0.6 is 0 Å². The van der Waals surface area contributed by atoms with Crippen molar-refractivity contribution in [2.24, 2.45) is 17.4 Å². The van der Waals surface area contributed by atoms with Crippen LogP contribution in [0.25, 0.3) is 11.1 Å². The molecule has 3 aromatic carbocycles. The van der Waals surface area contributed by atoms with Crippen molar-refractivity contribution in [1.29, 1.82) is 0 Å². The summed E-state index contributed by atoms with van der Waals surface area (Å²) in [6, 6.07) is 17.6. The molecule has 4 N–H and O–H groups in total. The maximum absolute atomic E-state index is 16.7. The average Bonchev–Trinajstić information content (AvgIpc) is 3.29. The van der Waals surface area contributed by atoms with Crippen molar-refractivity contribution >= 4 is 0 Å². The Labute approximate surface area is 306 Å². The highest BCUT2D eigenvalue weighted by atomic mass is 19.1. The van der Waals surface area contributed by atoms with Crippen molar-refractivity contribution in [3.63, 3.8) is 0 Å². The molecule has 282 valence electrons. The summed E-state index contributed by atoms with van der Waals surface area (Å²) < 4.78 is 51.0. The number of rotatable bonds is 22. The van der Waals surface area contributed by atoms with Crippen molar-refractivity contribution in [2.45, 2.75) is 129 Å². The van der Waals surface area contributed by atoms with Gasteiger partial charge in [0.25, 0.3) is 0 Å². The largest absolute Gasteiger partial charge is 0.494 e. The van der Waals surface area contributed by atoms with E-state index in [1.54, 1.807) is 6.07 Å². The van der Waals surface area contributed by atoms with E-state index in [0.717, 1.165) is 81.1 Å². The summed E-state index contributed by atoms with van der Waals surface area (Å²) >= 11 is 0. The van der Waals surface area contributed by atoms with Gasteiger partial charge >= 0.3 is 0 Å². The van der Waals surface area contributed by atoms with Crippen molar-refractivity contribution in [3.05, 3.63) is 77.1 Å². The molecule has 0 saturated heterocycles. The second-order valence-electron chi connectivity index (χ2n) is 14.5. The molecule has 0 spiro atoms. The van der Waals surface area contributed by atoms with Crippen LogP contribution in [0.4, 0.5) is 8.78 Å². The molecular formula is C44H64F2N2O3. The monoisotopic (exact) mass is 706 g/mol. The maximum Gasteiger partial charge on any atom is 0.126 e. The summed E-state index contributed by atoms with van der Waals surface area (Å²) in [4.78, 5) is 0. The third kappa shape index (κ3) is 12.8. The first-order valence-electron chi connectivity index (χ1n) is 19.9. The first-order valence-corrected chi connectivity index (χ1v) is 19.9. The van der Waals surface area contributed by atoms with Gasteiger partial charge in [0.1, 0.15) is 29.2 Å². The summed E-state index contributed by atoms with van der Waals surface area (Å²) in [6.07, 6.45) is 11.9. The minimum Gasteiger partial charge on any atom is -0.494 e. The first kappa shape index (κ1) is 40.6. The molecule has 1 saturated carbocycles. The second-order valence-corrected chi connectivity index (χ2v) is 14.5. The number of benzene rings is 3. The highest BCUT2D eigenvalue weighted by Gasteiger charge is 2.36. The predicted molar refractivity (Wildman–Crippen MR) is 207 cm³/mol. The molecule has 0 aromatic heterocycles. The lowest BCUT2D eigenvalue weighted by molar-refractivity contribution is 0.232. The Morgan fingerprint density at radius 3 is 1.94 bits per heavy atom. The van der Waals surface area contributed by atoms with Gasteiger partial charge < -0.3 is 25.7 Å². The van der Waals surface area contributed by atoms with Gasteiger partial charge in [-0.1, -0.05) is 71.4 Å². The van der Waals surface area contributed by atoms with E-state index in [1.807, 2.05) is 24.3 Å². The van der Waals surface area contributed by atoms with Crippen LogP contribution in [-0.2, 0) is 6.42 Å². The Balaban J connectivity index is 1.72. The summed E-state index contributed by atoms with van der Waals surface area (Å²) in [6.45, 7) is 9.30. The number of unbranched alkanes of at least 4 members (excludes halogenated alkanes) is 4. The number of nitrogens with two attached hydrogens (primary N) is 2. The van der Waals surface area contributed by atoms with E-state index in [9.17, 15) is 0 Å². The van der Waals surface area contributed by atoms with Crippen molar-refractivity contribution < 1.29 is 23.0 Å². The molecule has 0 bridgehead atoms. The highest BCUT2D eigenvalue weighted by molar-refractivity contribution is 5.68. The molecule has 1 aliphatic rings. The molecular weight excluding hydrogens is 642 g/mol. The smallest absolute Gasteiger partial charge is 0.126 e. The topological polar surface area (TPSA) is 79.7 Å². The van der Waals surface area contributed by atoms with Crippen LogP contribution < -0.4 is 25.7 Å². The molecule has 3 aromatic rings. The number of halogens is 2. The first-order chi connectivity index (χ1) is 24.9. The van der Waals surface area contributed by atoms with Gasteiger partial charge in [0.05, 0.1) is 19.8 Å². The van der Waals surface area contributed by atoms with Crippen LogP contribution in [-0.4, -0.2) is 39.1 Å². The zero-order valence-electron chi connectivity index (χ0n) is 31.6. The number of alkyl halides is 1. The Bertz CT molecular complexity index is 1390. The summed E-state index contributed by atoms with van der Waals surface area (Å²) in [5.74, 6) is 1.63. The quantitative estimate of drug-likeness (QED) is 0.0803. The highest BCUT2D eigenvalue weighted by Crippen LogP contribution is 2.47. The van der Waals surface area contributed by atoms with Crippen LogP contribution in [0.5, 0.6) is 17.2 Å². The van der Waals surface area contributed by atoms with Crippen LogP contribution in [0.2, 0.25) is 0 Å². The lowest BCUT2D eigenvalue weighted by atomic mass is 9.81. The summed E-state index contributed by atoms with van der Waals surface area (Å²) in [5.41, 5.74) is 16.0. The van der Waals surface area contributed by atoms with E-state index >= 15 is 8.78 Å². The molecule has 51 heavy (non-hydrogen) atoms. The SMILES string of the molecule is CCCCCc1cc(OCCCC)cc(C2CC(CCCC)CC(F)C(c3cc(-c4cc(OCCCN)cc(OCCCN)c4)ccc3F)C2)c1. The van der Waals surface area contributed by atoms with E-state index in [1.165, 1.54) is 30.0 Å². The average molecular weight is 707 g/mol. The van der Waals surface area contributed by atoms with E-state index in [-0.39, 0.29) is 17.7 Å². The minimum atomic E-state index is -1.14. The van der Waals surface area contributed by atoms with Gasteiger partial charge in [0.2, 0.25) is 0 Å². The van der Waals surface area contributed by atoms with Crippen LogP contribution in [0, 0.1) is 11.7 Å². The number of ether oxygens (including phenoxy) is 3. The molecule has 0 radical (unpaired) electrons. The third-order valence-corrected chi connectivity index (χ3v) is 10.3. The lowest BCUT2D eigenvalue weighted by Gasteiger charge is -2.25. The van der Waals surface area contributed by atoms with Crippen LogP contribution in [0.3, 0.4) is 0 Å². The molecule has 0 heterocycles. The van der Waals surface area contributed by atoms with Crippen molar-refractivity contribution in [1.82, 2.24) is 0 Å². The Hall–Kier alpha value is -3.16. The normalized spacial score (nSPS) is 19.1. The summed E-state index contributed by atoms with van der Waals surface area (Å²) in [5, 5.41) is 0. The van der Waals surface area contributed by atoms with Crippen molar-refractivity contribution in [3.8, 4) is 28.4 Å². The molecule has 0 amide bonds. The molecule has 5 nitrogen and oxygen atoms in total. The Kier molecular flexibility index (Phi) is 17.5. The molecule has 4 unspecified atom stereocenters. The maximum atomic E-state index is 16.7. The van der Waals surface area contributed by atoms with Gasteiger partial charge in [-0.05, 0) is 141 Å². The van der Waals surface area contributed by atoms with Crippen LogP contribution in [0.1, 0.15) is 133 Å². The number of hydrogen-bond acceptors (Lipinski definition) is 5. The summed E-state index contributed by atoms with van der Waals surface area (Å²) in [7, 11) is 0. The van der Waals surface area contributed by atoms with Crippen molar-refractivity contribution in [2.75, 3.05) is 32.9 Å². The van der Waals surface area contributed by atoms with E-state index in [4.69, 9.17) is 25.7 Å². The number of hydrogen-bond donors (Lipinski definition) is 2. The molecule has 1 fully saturated rings. The zero-order valence-corrected chi connectivity index (χ0v) is 31.6.